The predicted molar refractivity (Wildman–Crippen MR) is 76.5 cm³/mol. The van der Waals surface area contributed by atoms with Gasteiger partial charge in [-0.25, -0.2) is 0 Å². The molecule has 2 aromatic rings. The quantitative estimate of drug-likeness (QED) is 0.694. The second kappa shape index (κ2) is 7.72. The first-order chi connectivity index (χ1) is 10.1. The van der Waals surface area contributed by atoms with Crippen LogP contribution >= 0.6 is 0 Å². The number of benzene rings is 2. The first-order valence-electron chi connectivity index (χ1n) is 7.46. The van der Waals surface area contributed by atoms with Crippen molar-refractivity contribution in [1.82, 2.24) is 0 Å². The Kier molecular flexibility index (Phi) is 4.55. The highest BCUT2D eigenvalue weighted by atomic mass is 16.7. The fourth-order valence-electron chi connectivity index (χ4n) is 1.67. The van der Waals surface area contributed by atoms with Gasteiger partial charge in [-0.15, -0.1) is 0 Å². The smallest absolute Gasteiger partial charge is 0.158 e. The predicted octanol–water partition coefficient (Wildman–Crippen LogP) is 4.16. The third-order valence-corrected chi connectivity index (χ3v) is 2.68. The second-order valence-electron chi connectivity index (χ2n) is 4.16. The minimum absolute atomic E-state index is 0.252. The Morgan fingerprint density at radius 1 is 0.895 bits per heavy atom. The van der Waals surface area contributed by atoms with Crippen molar-refractivity contribution in [3.05, 3.63) is 71.8 Å². The summed E-state index contributed by atoms with van der Waals surface area (Å²) in [5.41, 5.74) is 1.91. The summed E-state index contributed by atoms with van der Waals surface area (Å²) in [5, 5.41) is 0. The second-order valence-corrected chi connectivity index (χ2v) is 4.16. The number of hydrogen-bond acceptors (Lipinski definition) is 2. The Morgan fingerprint density at radius 2 is 1.32 bits per heavy atom. The summed E-state index contributed by atoms with van der Waals surface area (Å²) in [4.78, 5) is 0. The fourth-order valence-corrected chi connectivity index (χ4v) is 1.67. The SMILES string of the molecule is [2H][C@H](C)C([2H])(OCc1ccccc1)OCc1ccccc1. The third-order valence-electron chi connectivity index (χ3n) is 2.68. The molecule has 0 spiro atoms. The molecule has 2 heteroatoms. The maximum absolute atomic E-state index is 8.24. The highest BCUT2D eigenvalue weighted by molar-refractivity contribution is 5.14. The highest BCUT2D eigenvalue weighted by Gasteiger charge is 2.07. The van der Waals surface area contributed by atoms with Gasteiger partial charge in [0.15, 0.2) is 6.27 Å². The van der Waals surface area contributed by atoms with Gasteiger partial charge in [0.2, 0.25) is 0 Å². The van der Waals surface area contributed by atoms with E-state index in [4.69, 9.17) is 12.2 Å². The topological polar surface area (TPSA) is 18.5 Å². The lowest BCUT2D eigenvalue weighted by atomic mass is 10.2. The lowest BCUT2D eigenvalue weighted by Crippen LogP contribution is -2.16. The van der Waals surface area contributed by atoms with E-state index in [2.05, 4.69) is 0 Å². The molecule has 0 aliphatic rings. The van der Waals surface area contributed by atoms with Crippen LogP contribution in [-0.4, -0.2) is 6.27 Å². The summed E-state index contributed by atoms with van der Waals surface area (Å²) in [7, 11) is 0. The number of rotatable bonds is 7. The van der Waals surface area contributed by atoms with E-state index >= 15 is 0 Å². The van der Waals surface area contributed by atoms with E-state index in [1.54, 1.807) is 6.92 Å². The Bertz CT molecular complexity index is 486. The van der Waals surface area contributed by atoms with E-state index in [9.17, 15) is 0 Å². The normalized spacial score (nSPS) is 14.6. The fraction of sp³-hybridized carbons (Fsp3) is 0.294. The standard InChI is InChI=1S/C17H20O2/c1-2-17(18-13-15-9-5-3-6-10-15)19-14-16-11-7-4-8-12-16/h3-12,17H,2,13-14H2,1H3/i2D,17D/t2-/m1/s1. The summed E-state index contributed by atoms with van der Waals surface area (Å²) in [6.07, 6.45) is -2.49. The van der Waals surface area contributed by atoms with Crippen molar-refractivity contribution in [2.75, 3.05) is 0 Å². The van der Waals surface area contributed by atoms with Gasteiger partial charge in [0.05, 0.1) is 14.6 Å². The molecule has 0 saturated carbocycles. The van der Waals surface area contributed by atoms with Crippen molar-refractivity contribution in [3.63, 3.8) is 0 Å². The van der Waals surface area contributed by atoms with E-state index in [0.29, 0.717) is 0 Å². The van der Waals surface area contributed by atoms with Crippen molar-refractivity contribution in [3.8, 4) is 0 Å². The van der Waals surface area contributed by atoms with Crippen LogP contribution in [0.1, 0.15) is 27.2 Å². The third kappa shape index (κ3) is 4.86. The minimum atomic E-state index is -1.67. The van der Waals surface area contributed by atoms with Crippen LogP contribution in [0.2, 0.25) is 0 Å². The van der Waals surface area contributed by atoms with Crippen LogP contribution in [-0.2, 0) is 22.7 Å². The molecule has 0 amide bonds. The Labute approximate surface area is 117 Å². The molecule has 1 atom stereocenters. The van der Waals surface area contributed by atoms with Crippen LogP contribution in [0.4, 0.5) is 0 Å². The van der Waals surface area contributed by atoms with E-state index in [1.165, 1.54) is 0 Å². The number of hydrogen-bond donors (Lipinski definition) is 0. The molecule has 0 aliphatic carbocycles. The van der Waals surface area contributed by atoms with Crippen molar-refractivity contribution in [2.24, 2.45) is 0 Å². The molecule has 0 heterocycles. The molecule has 2 nitrogen and oxygen atoms in total. The van der Waals surface area contributed by atoms with Crippen LogP contribution < -0.4 is 0 Å². The van der Waals surface area contributed by atoms with Gasteiger partial charge in [0.25, 0.3) is 0 Å². The molecule has 0 radical (unpaired) electrons. The van der Waals surface area contributed by atoms with Crippen LogP contribution in [0.25, 0.3) is 0 Å². The van der Waals surface area contributed by atoms with E-state index in [0.717, 1.165) is 11.1 Å². The average Bonchev–Trinajstić information content (AvgIpc) is 2.53. The summed E-state index contributed by atoms with van der Waals surface area (Å²) in [5.74, 6) is 0. The molecule has 0 aromatic heterocycles. The van der Waals surface area contributed by atoms with Crippen molar-refractivity contribution in [2.45, 2.75) is 32.8 Å². The van der Waals surface area contributed by atoms with E-state index in [-0.39, 0.29) is 13.2 Å². The Hall–Kier alpha value is -1.64. The average molecular weight is 258 g/mol. The highest BCUT2D eigenvalue weighted by Crippen LogP contribution is 2.10. The molecule has 0 fully saturated rings. The van der Waals surface area contributed by atoms with Crippen molar-refractivity contribution < 1.29 is 12.2 Å². The minimum Gasteiger partial charge on any atom is -0.348 e. The summed E-state index contributed by atoms with van der Waals surface area (Å²) in [6, 6.07) is 19.2. The molecule has 2 rings (SSSR count). The van der Waals surface area contributed by atoms with Gasteiger partial charge in [0.1, 0.15) is 0 Å². The Morgan fingerprint density at radius 3 is 1.68 bits per heavy atom. The molecule has 0 unspecified atom stereocenters. The summed E-state index contributed by atoms with van der Waals surface area (Å²) >= 11 is 0. The van der Waals surface area contributed by atoms with Gasteiger partial charge in [0, 0.05) is 1.37 Å². The zero-order chi connectivity index (χ0) is 15.1. The molecule has 2 aromatic carbocycles. The molecule has 0 N–H and O–H groups in total. The van der Waals surface area contributed by atoms with Gasteiger partial charge in [-0.3, -0.25) is 0 Å². The van der Waals surface area contributed by atoms with Gasteiger partial charge < -0.3 is 9.47 Å². The first kappa shape index (κ1) is 11.2. The van der Waals surface area contributed by atoms with Gasteiger partial charge in [-0.05, 0) is 17.5 Å². The van der Waals surface area contributed by atoms with Crippen LogP contribution in [0, 0.1) is 0 Å². The van der Waals surface area contributed by atoms with Crippen LogP contribution in [0.5, 0.6) is 0 Å². The van der Waals surface area contributed by atoms with Gasteiger partial charge in [-0.2, -0.15) is 0 Å². The maximum Gasteiger partial charge on any atom is 0.158 e. The molecule has 19 heavy (non-hydrogen) atoms. The molecule has 0 saturated heterocycles. The molecule has 0 aliphatic heterocycles. The molecule has 100 valence electrons. The lowest BCUT2D eigenvalue weighted by molar-refractivity contribution is -0.157. The van der Waals surface area contributed by atoms with Crippen LogP contribution in [0.15, 0.2) is 60.7 Å². The molecular formula is C17H20O2. The van der Waals surface area contributed by atoms with Crippen LogP contribution in [0.3, 0.4) is 0 Å². The van der Waals surface area contributed by atoms with Crippen molar-refractivity contribution >= 4 is 0 Å². The Balaban J connectivity index is 1.96. The first-order valence-corrected chi connectivity index (χ1v) is 6.38. The monoisotopic (exact) mass is 258 g/mol. The van der Waals surface area contributed by atoms with Gasteiger partial charge >= 0.3 is 0 Å². The van der Waals surface area contributed by atoms with E-state index in [1.807, 2.05) is 60.7 Å². The zero-order valence-electron chi connectivity index (χ0n) is 13.1. The summed E-state index contributed by atoms with van der Waals surface area (Å²) in [6.45, 7) is 2.10. The largest absolute Gasteiger partial charge is 0.348 e. The molecular weight excluding hydrogens is 236 g/mol. The van der Waals surface area contributed by atoms with Gasteiger partial charge in [-0.1, -0.05) is 67.6 Å². The number of ether oxygens (including phenoxy) is 2. The van der Waals surface area contributed by atoms with E-state index < -0.39 is 12.7 Å². The zero-order valence-corrected chi connectivity index (χ0v) is 11.1. The molecule has 0 bridgehead atoms. The van der Waals surface area contributed by atoms with Crippen molar-refractivity contribution in [1.29, 1.82) is 0 Å². The summed E-state index contributed by atoms with van der Waals surface area (Å²) < 4.78 is 27.2. The lowest BCUT2D eigenvalue weighted by Gasteiger charge is -2.17. The maximum atomic E-state index is 8.24.